The van der Waals surface area contributed by atoms with Crippen LogP contribution in [0.3, 0.4) is 0 Å². The summed E-state index contributed by atoms with van der Waals surface area (Å²) in [6, 6.07) is 14.2. The first-order valence-corrected chi connectivity index (χ1v) is 18.9. The summed E-state index contributed by atoms with van der Waals surface area (Å²) in [7, 11) is 0. The van der Waals surface area contributed by atoms with Gasteiger partial charge in [0.15, 0.2) is 5.82 Å². The molecule has 2 aromatic carbocycles. The second kappa shape index (κ2) is 12.6. The molecule has 10 nitrogen and oxygen atoms in total. The third kappa shape index (κ3) is 5.35. The maximum Gasteiger partial charge on any atom is 0.238 e. The lowest BCUT2D eigenvalue weighted by molar-refractivity contribution is -0.134. The Morgan fingerprint density at radius 3 is 2.50 bits per heavy atom. The molecule has 1 saturated carbocycles. The minimum absolute atomic E-state index is 0.0578. The Bertz CT molecular complexity index is 2210. The summed E-state index contributed by atoms with van der Waals surface area (Å²) in [5.74, 6) is 0.347. The summed E-state index contributed by atoms with van der Waals surface area (Å²) in [5.41, 5.74) is 4.80. The van der Waals surface area contributed by atoms with Gasteiger partial charge in [0, 0.05) is 67.2 Å². The van der Waals surface area contributed by atoms with Gasteiger partial charge in [-0.15, -0.1) is 0 Å². The fourth-order valence-electron chi connectivity index (χ4n) is 9.17. The molecule has 0 unspecified atom stereocenters. The minimum Gasteiger partial charge on any atom is -0.343 e. The van der Waals surface area contributed by atoms with Crippen LogP contribution in [0.25, 0.3) is 33.1 Å². The number of carbonyl (C=O) groups excluding carboxylic acids is 2. The van der Waals surface area contributed by atoms with Crippen LogP contribution < -0.4 is 10.2 Å². The van der Waals surface area contributed by atoms with Crippen LogP contribution in [0, 0.1) is 5.82 Å². The van der Waals surface area contributed by atoms with Crippen molar-refractivity contribution < 1.29 is 14.0 Å². The Balaban J connectivity index is 1.12. The van der Waals surface area contributed by atoms with Gasteiger partial charge in [0.1, 0.15) is 11.3 Å². The highest BCUT2D eigenvalue weighted by atomic mass is 19.1. The molecule has 5 aromatic rings. The van der Waals surface area contributed by atoms with Crippen molar-refractivity contribution in [3.05, 3.63) is 72.6 Å². The lowest BCUT2D eigenvalue weighted by Gasteiger charge is -2.48. The number of fused-ring (bicyclic) bond motifs is 4. The molecule has 0 atom stereocenters. The zero-order valence-corrected chi connectivity index (χ0v) is 30.1. The highest BCUT2D eigenvalue weighted by Gasteiger charge is 2.55. The zero-order valence-electron chi connectivity index (χ0n) is 30.1. The van der Waals surface area contributed by atoms with E-state index in [1.54, 1.807) is 25.4 Å². The van der Waals surface area contributed by atoms with Gasteiger partial charge in [-0.1, -0.05) is 18.6 Å². The standard InChI is InChI=1S/C41H45FN8O2/c1-25(2)49-24-44-36-22-34(45-39(38(36)49)46-35-18-27-9-12-43-23-29(27)17-33(35)42)28-7-8-32-37(19-28)50(31-20-30(21-31)48-13-5-4-6-14-48)40(52)41(32)10-15-47(16-11-41)26(3)51/h7-9,12,17-19,22-25,30-31H,4-6,10-11,13-16,20-21H2,1-3H3,(H,45,46). The van der Waals surface area contributed by atoms with Crippen molar-refractivity contribution in [3.8, 4) is 11.3 Å². The third-order valence-electron chi connectivity index (χ3n) is 12.2. The van der Waals surface area contributed by atoms with E-state index in [0.29, 0.717) is 49.2 Å². The van der Waals surface area contributed by atoms with Crippen molar-refractivity contribution in [2.24, 2.45) is 0 Å². The van der Waals surface area contributed by atoms with Gasteiger partial charge in [0.25, 0.3) is 0 Å². The largest absolute Gasteiger partial charge is 0.343 e. The van der Waals surface area contributed by atoms with Gasteiger partial charge in [0.05, 0.1) is 28.6 Å². The number of amides is 2. The van der Waals surface area contributed by atoms with Crippen molar-refractivity contribution in [2.75, 3.05) is 36.4 Å². The number of benzene rings is 2. The first-order valence-electron chi connectivity index (χ1n) is 18.9. The summed E-state index contributed by atoms with van der Waals surface area (Å²) in [5, 5.41) is 4.92. The van der Waals surface area contributed by atoms with Crippen LogP contribution in [0.5, 0.6) is 0 Å². The van der Waals surface area contributed by atoms with Crippen LogP contribution in [0.15, 0.2) is 61.2 Å². The quantitative estimate of drug-likeness (QED) is 0.198. The Morgan fingerprint density at radius 1 is 0.962 bits per heavy atom. The van der Waals surface area contributed by atoms with E-state index in [1.807, 2.05) is 27.9 Å². The first kappa shape index (κ1) is 33.0. The van der Waals surface area contributed by atoms with Gasteiger partial charge >= 0.3 is 0 Å². The number of halogens is 1. The van der Waals surface area contributed by atoms with Crippen LogP contribution in [0.4, 0.5) is 21.6 Å². The topological polar surface area (TPSA) is 99.5 Å². The number of nitrogens with one attached hydrogen (secondary N) is 1. The molecule has 11 heteroatoms. The molecule has 3 fully saturated rings. The molecule has 268 valence electrons. The monoisotopic (exact) mass is 700 g/mol. The Morgan fingerprint density at radius 2 is 1.75 bits per heavy atom. The number of rotatable bonds is 6. The Hall–Kier alpha value is -4.90. The van der Waals surface area contributed by atoms with Crippen LogP contribution in [-0.2, 0) is 15.0 Å². The van der Waals surface area contributed by atoms with Crippen molar-refractivity contribution in [3.63, 3.8) is 0 Å². The van der Waals surface area contributed by atoms with E-state index in [0.717, 1.165) is 64.6 Å². The van der Waals surface area contributed by atoms with Crippen molar-refractivity contribution >= 4 is 50.8 Å². The number of pyridine rings is 2. The van der Waals surface area contributed by atoms with Gasteiger partial charge < -0.3 is 24.6 Å². The molecule has 9 rings (SSSR count). The fourth-order valence-corrected chi connectivity index (χ4v) is 9.17. The van der Waals surface area contributed by atoms with E-state index in [1.165, 1.54) is 25.3 Å². The van der Waals surface area contributed by atoms with E-state index in [-0.39, 0.29) is 23.9 Å². The summed E-state index contributed by atoms with van der Waals surface area (Å²) >= 11 is 0. The molecule has 4 aliphatic rings. The highest BCUT2D eigenvalue weighted by Crippen LogP contribution is 2.52. The average Bonchev–Trinajstić information content (AvgIpc) is 3.66. The smallest absolute Gasteiger partial charge is 0.238 e. The predicted molar refractivity (Wildman–Crippen MR) is 201 cm³/mol. The molecule has 3 aromatic heterocycles. The summed E-state index contributed by atoms with van der Waals surface area (Å²) in [4.78, 5) is 47.7. The molecule has 52 heavy (non-hydrogen) atoms. The molecule has 6 heterocycles. The second-order valence-corrected chi connectivity index (χ2v) is 15.5. The molecule has 2 saturated heterocycles. The zero-order chi connectivity index (χ0) is 35.7. The number of hydrogen-bond acceptors (Lipinski definition) is 7. The van der Waals surface area contributed by atoms with Crippen LogP contribution >= 0.6 is 0 Å². The minimum atomic E-state index is -0.640. The molecular formula is C41H45FN8O2. The van der Waals surface area contributed by atoms with Crippen LogP contribution in [-0.4, -0.2) is 79.4 Å². The van der Waals surface area contributed by atoms with E-state index in [2.05, 4.69) is 52.1 Å². The molecule has 0 radical (unpaired) electrons. The molecule has 1 N–H and O–H groups in total. The Labute approximate surface area is 303 Å². The van der Waals surface area contributed by atoms with Crippen molar-refractivity contribution in [1.82, 2.24) is 29.3 Å². The van der Waals surface area contributed by atoms with Gasteiger partial charge in [0.2, 0.25) is 11.8 Å². The van der Waals surface area contributed by atoms with Gasteiger partial charge in [-0.25, -0.2) is 14.4 Å². The summed E-state index contributed by atoms with van der Waals surface area (Å²) in [6.45, 7) is 9.22. The van der Waals surface area contributed by atoms with Crippen molar-refractivity contribution in [2.45, 2.75) is 89.3 Å². The molecule has 2 amide bonds. The molecule has 0 bridgehead atoms. The lowest BCUT2D eigenvalue weighted by atomic mass is 9.73. The predicted octanol–water partition coefficient (Wildman–Crippen LogP) is 7.35. The lowest BCUT2D eigenvalue weighted by Crippen LogP contribution is -2.58. The maximum atomic E-state index is 15.5. The fraction of sp³-hybridized carbons (Fsp3) is 0.439. The molecule has 1 aliphatic carbocycles. The van der Waals surface area contributed by atoms with Gasteiger partial charge in [-0.3, -0.25) is 14.6 Å². The van der Waals surface area contributed by atoms with E-state index in [9.17, 15) is 9.59 Å². The molecule has 3 aliphatic heterocycles. The normalized spacial score (nSPS) is 21.7. The van der Waals surface area contributed by atoms with Crippen molar-refractivity contribution in [1.29, 1.82) is 0 Å². The number of anilines is 3. The third-order valence-corrected chi connectivity index (χ3v) is 12.2. The number of carbonyl (C=O) groups is 2. The molecular weight excluding hydrogens is 656 g/mol. The number of aromatic nitrogens is 4. The van der Waals surface area contributed by atoms with Crippen LogP contribution in [0.2, 0.25) is 0 Å². The van der Waals surface area contributed by atoms with E-state index in [4.69, 9.17) is 9.97 Å². The number of likely N-dealkylation sites (tertiary alicyclic amines) is 2. The summed E-state index contributed by atoms with van der Waals surface area (Å²) < 4.78 is 17.6. The van der Waals surface area contributed by atoms with Crippen LogP contribution in [0.1, 0.15) is 77.3 Å². The molecule has 1 spiro atoms. The number of hydrogen-bond donors (Lipinski definition) is 1. The summed E-state index contributed by atoms with van der Waals surface area (Å²) in [6.07, 6.45) is 12.2. The number of piperidine rings is 2. The van der Waals surface area contributed by atoms with Gasteiger partial charge in [-0.2, -0.15) is 0 Å². The highest BCUT2D eigenvalue weighted by molar-refractivity contribution is 6.09. The van der Waals surface area contributed by atoms with E-state index < -0.39 is 11.2 Å². The average molecular weight is 701 g/mol. The Kier molecular flexibility index (Phi) is 8.02. The SMILES string of the molecule is CC(=O)N1CCC2(CC1)C(=O)N(C1CC(N3CCCCC3)C1)c1cc(-c3cc4ncn(C(C)C)c4c(Nc4cc5ccncc5cc4F)n3)ccc12. The first-order chi connectivity index (χ1) is 25.2. The second-order valence-electron chi connectivity index (χ2n) is 15.5. The maximum absolute atomic E-state index is 15.5. The number of imidazole rings is 1. The van der Waals surface area contributed by atoms with Gasteiger partial charge in [-0.05, 0) is 107 Å². The van der Waals surface area contributed by atoms with E-state index >= 15 is 4.39 Å². The number of nitrogens with zero attached hydrogens (tertiary/aromatic N) is 7.